The second-order valence-electron chi connectivity index (χ2n) is 4.83. The van der Waals surface area contributed by atoms with Crippen LogP contribution >= 0.6 is 11.6 Å². The number of hydrogen-bond donors (Lipinski definition) is 1. The lowest BCUT2D eigenvalue weighted by atomic mass is 10.2. The largest absolute Gasteiger partial charge is 0.481 e. The molecule has 1 saturated carbocycles. The molecule has 98 valence electrons. The third-order valence-electron chi connectivity index (χ3n) is 3.20. The highest BCUT2D eigenvalue weighted by Crippen LogP contribution is 2.28. The quantitative estimate of drug-likeness (QED) is 0.825. The summed E-state index contributed by atoms with van der Waals surface area (Å²) >= 11 is 5.86. The van der Waals surface area contributed by atoms with Crippen LogP contribution in [0.5, 0.6) is 0 Å². The lowest BCUT2D eigenvalue weighted by Crippen LogP contribution is -2.27. The Hall–Kier alpha value is -1.06. The number of benzene rings is 1. The van der Waals surface area contributed by atoms with Crippen LogP contribution in [-0.4, -0.2) is 28.6 Å². The van der Waals surface area contributed by atoms with Gasteiger partial charge in [-0.15, -0.1) is 0 Å². The Morgan fingerprint density at radius 2 is 2.00 bits per heavy atom. The van der Waals surface area contributed by atoms with E-state index in [1.54, 1.807) is 0 Å². The van der Waals surface area contributed by atoms with Gasteiger partial charge in [0.15, 0.2) is 0 Å². The molecule has 0 saturated heterocycles. The molecule has 2 rings (SSSR count). The molecule has 1 aliphatic rings. The molecule has 18 heavy (non-hydrogen) atoms. The van der Waals surface area contributed by atoms with Crippen LogP contribution in [0.15, 0.2) is 24.3 Å². The van der Waals surface area contributed by atoms with Gasteiger partial charge in [-0.2, -0.15) is 0 Å². The van der Waals surface area contributed by atoms with E-state index in [-0.39, 0.29) is 6.42 Å². The molecule has 1 aliphatic carbocycles. The minimum Gasteiger partial charge on any atom is -0.481 e. The van der Waals surface area contributed by atoms with Crippen molar-refractivity contribution < 1.29 is 9.90 Å². The second-order valence-corrected chi connectivity index (χ2v) is 5.26. The van der Waals surface area contributed by atoms with Crippen LogP contribution < -0.4 is 0 Å². The number of carboxylic acids is 1. The first-order chi connectivity index (χ1) is 8.65. The van der Waals surface area contributed by atoms with Crippen LogP contribution in [0.25, 0.3) is 0 Å². The van der Waals surface area contributed by atoms with Crippen molar-refractivity contribution in [3.63, 3.8) is 0 Å². The Morgan fingerprint density at radius 3 is 2.56 bits per heavy atom. The lowest BCUT2D eigenvalue weighted by Gasteiger charge is -2.21. The van der Waals surface area contributed by atoms with Gasteiger partial charge in [-0.25, -0.2) is 0 Å². The summed E-state index contributed by atoms with van der Waals surface area (Å²) in [5.41, 5.74) is 1.24. The van der Waals surface area contributed by atoms with E-state index >= 15 is 0 Å². The van der Waals surface area contributed by atoms with Crippen molar-refractivity contribution in [2.75, 3.05) is 6.54 Å². The van der Waals surface area contributed by atoms with Crippen molar-refractivity contribution in [3.8, 4) is 0 Å². The van der Waals surface area contributed by atoms with E-state index in [4.69, 9.17) is 16.7 Å². The Labute approximate surface area is 112 Å². The van der Waals surface area contributed by atoms with E-state index in [0.717, 1.165) is 24.5 Å². The summed E-state index contributed by atoms with van der Waals surface area (Å²) in [7, 11) is 0. The molecule has 1 aromatic rings. The molecule has 0 aromatic heterocycles. The summed E-state index contributed by atoms with van der Waals surface area (Å²) in [6.45, 7) is 1.75. The maximum Gasteiger partial charge on any atom is 0.303 e. The fourth-order valence-corrected chi connectivity index (χ4v) is 2.21. The number of nitrogens with zero attached hydrogens (tertiary/aromatic N) is 1. The van der Waals surface area contributed by atoms with Gasteiger partial charge in [0.1, 0.15) is 0 Å². The van der Waals surface area contributed by atoms with Gasteiger partial charge >= 0.3 is 5.97 Å². The fourth-order valence-electron chi connectivity index (χ4n) is 2.09. The van der Waals surface area contributed by atoms with Gasteiger partial charge in [0, 0.05) is 24.0 Å². The van der Waals surface area contributed by atoms with Crippen molar-refractivity contribution in [3.05, 3.63) is 34.9 Å². The molecule has 1 N–H and O–H groups in total. The van der Waals surface area contributed by atoms with E-state index in [9.17, 15) is 4.79 Å². The molecule has 3 nitrogen and oxygen atoms in total. The molecule has 0 heterocycles. The van der Waals surface area contributed by atoms with Crippen molar-refractivity contribution in [1.29, 1.82) is 0 Å². The summed E-state index contributed by atoms with van der Waals surface area (Å²) in [5.74, 6) is -0.711. The fraction of sp³-hybridized carbons (Fsp3) is 0.500. The van der Waals surface area contributed by atoms with Crippen LogP contribution in [-0.2, 0) is 11.3 Å². The first-order valence-electron chi connectivity index (χ1n) is 6.35. The maximum atomic E-state index is 10.5. The summed E-state index contributed by atoms with van der Waals surface area (Å²) in [6, 6.07) is 8.52. The number of aliphatic carboxylic acids is 1. The number of hydrogen-bond acceptors (Lipinski definition) is 2. The van der Waals surface area contributed by atoms with Crippen LogP contribution in [0, 0.1) is 0 Å². The Balaban J connectivity index is 1.86. The van der Waals surface area contributed by atoms with E-state index in [0.29, 0.717) is 6.04 Å². The van der Waals surface area contributed by atoms with Gasteiger partial charge in [-0.3, -0.25) is 9.69 Å². The van der Waals surface area contributed by atoms with Crippen LogP contribution in [0.4, 0.5) is 0 Å². The van der Waals surface area contributed by atoms with Gasteiger partial charge in [-0.1, -0.05) is 23.7 Å². The molecule has 4 heteroatoms. The Morgan fingerprint density at radius 1 is 1.33 bits per heavy atom. The summed E-state index contributed by atoms with van der Waals surface area (Å²) in [5, 5.41) is 9.42. The van der Waals surface area contributed by atoms with Gasteiger partial charge in [0.2, 0.25) is 0 Å². The number of rotatable bonds is 7. The van der Waals surface area contributed by atoms with Crippen LogP contribution in [0.1, 0.15) is 31.2 Å². The summed E-state index contributed by atoms with van der Waals surface area (Å²) in [6.07, 6.45) is 3.45. The molecule has 0 radical (unpaired) electrons. The second kappa shape index (κ2) is 6.21. The first-order valence-corrected chi connectivity index (χ1v) is 6.73. The SMILES string of the molecule is O=C(O)CCCN(Cc1ccc(Cl)cc1)C1CC1. The number of halogens is 1. The standard InChI is InChI=1S/C14H18ClNO2/c15-12-5-3-11(4-6-12)10-16(13-7-8-13)9-1-2-14(17)18/h3-6,13H,1-2,7-10H2,(H,17,18). The zero-order valence-corrected chi connectivity index (χ0v) is 11.1. The highest BCUT2D eigenvalue weighted by atomic mass is 35.5. The van der Waals surface area contributed by atoms with E-state index in [1.807, 2.05) is 24.3 Å². The topological polar surface area (TPSA) is 40.5 Å². The highest BCUT2D eigenvalue weighted by Gasteiger charge is 2.28. The van der Waals surface area contributed by atoms with Gasteiger partial charge in [0.05, 0.1) is 0 Å². The average molecular weight is 268 g/mol. The average Bonchev–Trinajstić information content (AvgIpc) is 3.14. The van der Waals surface area contributed by atoms with E-state index in [1.165, 1.54) is 18.4 Å². The first kappa shape index (κ1) is 13.4. The molecule has 0 bridgehead atoms. The molecule has 1 aromatic carbocycles. The smallest absolute Gasteiger partial charge is 0.303 e. The molecule has 0 spiro atoms. The lowest BCUT2D eigenvalue weighted by molar-refractivity contribution is -0.137. The van der Waals surface area contributed by atoms with Crippen LogP contribution in [0.3, 0.4) is 0 Å². The summed E-state index contributed by atoms with van der Waals surface area (Å²) in [4.78, 5) is 12.9. The van der Waals surface area contributed by atoms with Crippen molar-refractivity contribution in [2.24, 2.45) is 0 Å². The van der Waals surface area contributed by atoms with Gasteiger partial charge < -0.3 is 5.11 Å². The minimum absolute atomic E-state index is 0.254. The maximum absolute atomic E-state index is 10.5. The van der Waals surface area contributed by atoms with Gasteiger partial charge in [0.25, 0.3) is 0 Å². The molecule has 1 fully saturated rings. The Bertz CT molecular complexity index is 401. The van der Waals surface area contributed by atoms with Crippen molar-refractivity contribution in [1.82, 2.24) is 4.90 Å². The molecular weight excluding hydrogens is 250 g/mol. The zero-order valence-electron chi connectivity index (χ0n) is 10.3. The predicted octanol–water partition coefficient (Wildman–Crippen LogP) is 3.17. The minimum atomic E-state index is -0.711. The normalized spacial score (nSPS) is 15.0. The molecule has 0 atom stereocenters. The molecule has 0 unspecified atom stereocenters. The summed E-state index contributed by atoms with van der Waals surface area (Å²) < 4.78 is 0. The van der Waals surface area contributed by atoms with E-state index < -0.39 is 5.97 Å². The number of carbonyl (C=O) groups is 1. The molecule has 0 amide bonds. The zero-order chi connectivity index (χ0) is 13.0. The van der Waals surface area contributed by atoms with Gasteiger partial charge in [-0.05, 0) is 43.5 Å². The monoisotopic (exact) mass is 267 g/mol. The third-order valence-corrected chi connectivity index (χ3v) is 3.45. The van der Waals surface area contributed by atoms with Crippen molar-refractivity contribution in [2.45, 2.75) is 38.3 Å². The molecular formula is C14H18ClNO2. The van der Waals surface area contributed by atoms with E-state index in [2.05, 4.69) is 4.90 Å². The highest BCUT2D eigenvalue weighted by molar-refractivity contribution is 6.30. The third kappa shape index (κ3) is 4.31. The predicted molar refractivity (Wildman–Crippen MR) is 71.8 cm³/mol. The van der Waals surface area contributed by atoms with Crippen molar-refractivity contribution >= 4 is 17.6 Å². The Kier molecular flexibility index (Phi) is 4.61. The number of carboxylic acid groups (broad SMARTS) is 1. The molecule has 0 aliphatic heterocycles. The van der Waals surface area contributed by atoms with Crippen LogP contribution in [0.2, 0.25) is 5.02 Å².